The van der Waals surface area contributed by atoms with Gasteiger partial charge >= 0.3 is 0 Å². The number of carbonyl (C=O) groups excluding carboxylic acids is 1. The van der Waals surface area contributed by atoms with Crippen LogP contribution in [0.2, 0.25) is 0 Å². The molecule has 2 aliphatic rings. The maximum absolute atomic E-state index is 12.8. The summed E-state index contributed by atoms with van der Waals surface area (Å²) in [5.41, 5.74) is 2.61. The summed E-state index contributed by atoms with van der Waals surface area (Å²) in [4.78, 5) is 14.9. The molecular formula is C17H24N2OS. The van der Waals surface area contributed by atoms with Gasteiger partial charge in [0.25, 0.3) is 0 Å². The minimum Gasteiger partial charge on any atom is -0.332 e. The van der Waals surface area contributed by atoms with E-state index in [1.807, 2.05) is 11.8 Å². The number of hydrogen-bond acceptors (Lipinski definition) is 3. The summed E-state index contributed by atoms with van der Waals surface area (Å²) in [6, 6.07) is 8.96. The third-order valence-corrected chi connectivity index (χ3v) is 5.87. The van der Waals surface area contributed by atoms with Gasteiger partial charge in [0.15, 0.2) is 0 Å². The fourth-order valence-corrected chi connectivity index (χ4v) is 4.43. The van der Waals surface area contributed by atoms with Crippen LogP contribution in [0.4, 0.5) is 0 Å². The third-order valence-electron chi connectivity index (χ3n) is 4.50. The Hall–Kier alpha value is -1.00. The largest absolute Gasteiger partial charge is 0.332 e. The zero-order valence-electron chi connectivity index (χ0n) is 12.7. The minimum absolute atomic E-state index is 0.193. The predicted molar refractivity (Wildman–Crippen MR) is 88.6 cm³/mol. The molecule has 2 saturated heterocycles. The molecule has 2 heterocycles. The molecule has 0 saturated carbocycles. The zero-order valence-corrected chi connectivity index (χ0v) is 13.5. The van der Waals surface area contributed by atoms with Gasteiger partial charge in [0.05, 0.1) is 11.3 Å². The summed E-state index contributed by atoms with van der Waals surface area (Å²) < 4.78 is 0. The minimum atomic E-state index is 0.193. The number of benzene rings is 1. The van der Waals surface area contributed by atoms with Crippen molar-refractivity contribution in [2.24, 2.45) is 0 Å². The first-order valence-electron chi connectivity index (χ1n) is 8.01. The first kappa shape index (κ1) is 14.9. The molecule has 1 N–H and O–H groups in total. The second kappa shape index (κ2) is 6.84. The number of piperazine rings is 1. The van der Waals surface area contributed by atoms with Crippen LogP contribution in [0.25, 0.3) is 0 Å². The molecule has 1 aromatic rings. The predicted octanol–water partition coefficient (Wildman–Crippen LogP) is 2.62. The summed E-state index contributed by atoms with van der Waals surface area (Å²) in [5.74, 6) is 1.49. The first-order valence-corrected chi connectivity index (χ1v) is 9.06. The molecule has 2 atom stereocenters. The van der Waals surface area contributed by atoms with Crippen molar-refractivity contribution in [2.45, 2.75) is 37.5 Å². The van der Waals surface area contributed by atoms with E-state index in [-0.39, 0.29) is 11.3 Å². The lowest BCUT2D eigenvalue weighted by atomic mass is 10.0. The van der Waals surface area contributed by atoms with Crippen molar-refractivity contribution in [2.75, 3.05) is 25.4 Å². The molecule has 1 amide bonds. The number of nitrogens with zero attached hydrogens (tertiary/aromatic N) is 1. The van der Waals surface area contributed by atoms with Gasteiger partial charge in [-0.25, -0.2) is 0 Å². The van der Waals surface area contributed by atoms with E-state index in [0.29, 0.717) is 5.91 Å². The Labute approximate surface area is 131 Å². The summed E-state index contributed by atoms with van der Waals surface area (Å²) >= 11 is 1.84. The number of nitrogens with one attached hydrogen (secondary N) is 1. The summed E-state index contributed by atoms with van der Waals surface area (Å²) in [7, 11) is 0. The van der Waals surface area contributed by atoms with Crippen molar-refractivity contribution in [3.05, 3.63) is 35.4 Å². The first-order chi connectivity index (χ1) is 10.3. The van der Waals surface area contributed by atoms with E-state index in [9.17, 15) is 4.79 Å². The topological polar surface area (TPSA) is 32.3 Å². The molecular weight excluding hydrogens is 280 g/mol. The fourth-order valence-electron chi connectivity index (χ4n) is 3.20. The molecule has 2 unspecified atom stereocenters. The average Bonchev–Trinajstić information content (AvgIpc) is 3.09. The van der Waals surface area contributed by atoms with E-state index < -0.39 is 0 Å². The van der Waals surface area contributed by atoms with Crippen LogP contribution in [0.5, 0.6) is 0 Å². The van der Waals surface area contributed by atoms with Crippen LogP contribution in [0.1, 0.15) is 36.9 Å². The fraction of sp³-hybridized carbons (Fsp3) is 0.588. The van der Waals surface area contributed by atoms with E-state index in [1.165, 1.54) is 17.5 Å². The van der Waals surface area contributed by atoms with Crippen LogP contribution < -0.4 is 5.32 Å². The number of amides is 1. The van der Waals surface area contributed by atoms with Crippen molar-refractivity contribution in [1.29, 1.82) is 0 Å². The summed E-state index contributed by atoms with van der Waals surface area (Å²) in [6.45, 7) is 4.78. The van der Waals surface area contributed by atoms with Crippen molar-refractivity contribution in [3.63, 3.8) is 0 Å². The number of rotatable bonds is 3. The van der Waals surface area contributed by atoms with Gasteiger partial charge in [-0.3, -0.25) is 4.79 Å². The average molecular weight is 304 g/mol. The van der Waals surface area contributed by atoms with Crippen molar-refractivity contribution >= 4 is 17.7 Å². The highest BCUT2D eigenvalue weighted by Gasteiger charge is 2.33. The highest BCUT2D eigenvalue weighted by molar-refractivity contribution is 8.00. The molecule has 0 radical (unpaired) electrons. The van der Waals surface area contributed by atoms with Crippen LogP contribution in [-0.4, -0.2) is 41.4 Å². The zero-order chi connectivity index (χ0) is 14.7. The highest BCUT2D eigenvalue weighted by atomic mass is 32.2. The molecule has 0 spiro atoms. The second-order valence-electron chi connectivity index (χ2n) is 5.85. The second-order valence-corrected chi connectivity index (χ2v) is 7.16. The lowest BCUT2D eigenvalue weighted by Crippen LogP contribution is -2.50. The van der Waals surface area contributed by atoms with E-state index in [0.717, 1.165) is 38.2 Å². The Bertz CT molecular complexity index is 482. The Morgan fingerprint density at radius 1 is 1.38 bits per heavy atom. The molecule has 21 heavy (non-hydrogen) atoms. The molecule has 1 aromatic carbocycles. The van der Waals surface area contributed by atoms with Gasteiger partial charge in [-0.2, -0.15) is 0 Å². The molecule has 2 fully saturated rings. The van der Waals surface area contributed by atoms with Crippen LogP contribution in [-0.2, 0) is 11.2 Å². The maximum Gasteiger partial charge on any atom is 0.236 e. The normalized spacial score (nSPS) is 26.0. The van der Waals surface area contributed by atoms with Gasteiger partial charge in [0, 0.05) is 19.6 Å². The Morgan fingerprint density at radius 2 is 2.19 bits per heavy atom. The van der Waals surface area contributed by atoms with Gasteiger partial charge in [0.1, 0.15) is 0 Å². The van der Waals surface area contributed by atoms with E-state index in [4.69, 9.17) is 0 Å². The number of aryl methyl sites for hydroxylation is 1. The van der Waals surface area contributed by atoms with Gasteiger partial charge < -0.3 is 10.2 Å². The summed E-state index contributed by atoms with van der Waals surface area (Å²) in [5, 5.41) is 3.63. The van der Waals surface area contributed by atoms with Crippen molar-refractivity contribution in [3.8, 4) is 0 Å². The molecule has 3 nitrogen and oxygen atoms in total. The molecule has 4 heteroatoms. The van der Waals surface area contributed by atoms with E-state index in [1.54, 1.807) is 0 Å². The van der Waals surface area contributed by atoms with Crippen molar-refractivity contribution in [1.82, 2.24) is 10.2 Å². The summed E-state index contributed by atoms with van der Waals surface area (Å²) in [6.07, 6.45) is 3.29. The molecule has 2 aliphatic heterocycles. The van der Waals surface area contributed by atoms with Crippen molar-refractivity contribution < 1.29 is 4.79 Å². The number of thioether (sulfide) groups is 1. The Kier molecular flexibility index (Phi) is 4.86. The molecule has 114 valence electrons. The molecule has 0 bridgehead atoms. The van der Waals surface area contributed by atoms with Gasteiger partial charge in [-0.1, -0.05) is 31.2 Å². The van der Waals surface area contributed by atoms with Crippen LogP contribution in [0.15, 0.2) is 24.3 Å². The SMILES string of the molecule is CCc1ccc(C2CNCCN2C(=O)C2CCCS2)cc1. The molecule has 0 aromatic heterocycles. The van der Waals surface area contributed by atoms with Gasteiger partial charge in [-0.05, 0) is 36.1 Å². The van der Waals surface area contributed by atoms with E-state index in [2.05, 4.69) is 41.4 Å². The Morgan fingerprint density at radius 3 is 2.86 bits per heavy atom. The lowest BCUT2D eigenvalue weighted by Gasteiger charge is -2.38. The third kappa shape index (κ3) is 3.27. The van der Waals surface area contributed by atoms with Gasteiger partial charge in [-0.15, -0.1) is 11.8 Å². The maximum atomic E-state index is 12.8. The lowest BCUT2D eigenvalue weighted by molar-refractivity contribution is -0.134. The smallest absolute Gasteiger partial charge is 0.236 e. The number of hydrogen-bond donors (Lipinski definition) is 1. The van der Waals surface area contributed by atoms with Crippen LogP contribution in [0, 0.1) is 0 Å². The van der Waals surface area contributed by atoms with Gasteiger partial charge in [0.2, 0.25) is 5.91 Å². The molecule has 3 rings (SSSR count). The monoisotopic (exact) mass is 304 g/mol. The van der Waals surface area contributed by atoms with Crippen LogP contribution >= 0.6 is 11.8 Å². The van der Waals surface area contributed by atoms with Crippen LogP contribution in [0.3, 0.4) is 0 Å². The molecule has 0 aliphatic carbocycles. The Balaban J connectivity index is 1.78. The standard InChI is InChI=1S/C17H24N2OS/c1-2-13-5-7-14(8-6-13)15-12-18-9-10-19(15)17(20)16-4-3-11-21-16/h5-8,15-16,18H,2-4,9-12H2,1H3. The number of carbonyl (C=O) groups is 1. The van der Waals surface area contributed by atoms with E-state index >= 15 is 0 Å². The quantitative estimate of drug-likeness (QED) is 0.931. The highest BCUT2D eigenvalue weighted by Crippen LogP contribution is 2.31.